The van der Waals surface area contributed by atoms with Crippen molar-refractivity contribution in [1.82, 2.24) is 10.3 Å². The zero-order valence-corrected chi connectivity index (χ0v) is 10.8. The normalized spacial score (nSPS) is 20.8. The molecule has 1 saturated heterocycles. The van der Waals surface area contributed by atoms with Crippen LogP contribution < -0.4 is 5.32 Å². The van der Waals surface area contributed by atoms with Crippen LogP contribution in [-0.4, -0.2) is 24.7 Å². The molecule has 1 N–H and O–H groups in total. The summed E-state index contributed by atoms with van der Waals surface area (Å²) in [6.45, 7) is 2.43. The number of pyridine rings is 1. The SMILES string of the molecule is Clc1ccc2ccc(C3CCOCCN3)nc2c1. The van der Waals surface area contributed by atoms with Crippen molar-refractivity contribution >= 4 is 22.5 Å². The van der Waals surface area contributed by atoms with Crippen molar-refractivity contribution in [3.63, 3.8) is 0 Å². The third-order valence-electron chi connectivity index (χ3n) is 3.22. The highest BCUT2D eigenvalue weighted by Gasteiger charge is 2.15. The summed E-state index contributed by atoms with van der Waals surface area (Å²) < 4.78 is 5.44. The van der Waals surface area contributed by atoms with Gasteiger partial charge in [-0.25, -0.2) is 0 Å². The molecule has 1 aliphatic heterocycles. The molecule has 0 aliphatic carbocycles. The molecule has 3 rings (SSSR count). The second kappa shape index (κ2) is 5.22. The molecule has 1 aliphatic rings. The second-order valence-corrected chi connectivity index (χ2v) is 4.92. The van der Waals surface area contributed by atoms with Crippen molar-refractivity contribution in [1.29, 1.82) is 0 Å². The molecule has 0 amide bonds. The number of nitrogens with zero attached hydrogens (tertiary/aromatic N) is 1. The minimum absolute atomic E-state index is 0.274. The van der Waals surface area contributed by atoms with Crippen molar-refractivity contribution in [2.75, 3.05) is 19.8 Å². The first-order chi connectivity index (χ1) is 8.83. The van der Waals surface area contributed by atoms with Crippen molar-refractivity contribution < 1.29 is 4.74 Å². The van der Waals surface area contributed by atoms with Gasteiger partial charge in [0.15, 0.2) is 0 Å². The van der Waals surface area contributed by atoms with Gasteiger partial charge in [0.25, 0.3) is 0 Å². The Labute approximate surface area is 111 Å². The maximum absolute atomic E-state index is 6.01. The third kappa shape index (κ3) is 2.48. The average molecular weight is 263 g/mol. The van der Waals surface area contributed by atoms with Crippen LogP contribution >= 0.6 is 11.6 Å². The summed E-state index contributed by atoms with van der Waals surface area (Å²) in [4.78, 5) is 4.70. The zero-order valence-electron chi connectivity index (χ0n) is 10.0. The highest BCUT2D eigenvalue weighted by molar-refractivity contribution is 6.31. The van der Waals surface area contributed by atoms with Gasteiger partial charge in [0.2, 0.25) is 0 Å². The molecule has 1 aromatic carbocycles. The lowest BCUT2D eigenvalue weighted by Gasteiger charge is -2.14. The maximum atomic E-state index is 6.01. The van der Waals surface area contributed by atoms with E-state index < -0.39 is 0 Å². The summed E-state index contributed by atoms with van der Waals surface area (Å²) in [6.07, 6.45) is 0.957. The highest BCUT2D eigenvalue weighted by atomic mass is 35.5. The quantitative estimate of drug-likeness (QED) is 0.858. The molecule has 0 saturated carbocycles. The number of ether oxygens (including phenoxy) is 1. The highest BCUT2D eigenvalue weighted by Crippen LogP contribution is 2.22. The number of rotatable bonds is 1. The van der Waals surface area contributed by atoms with Crippen LogP contribution in [0, 0.1) is 0 Å². The molecule has 2 aromatic rings. The van der Waals surface area contributed by atoms with Gasteiger partial charge in [-0.05, 0) is 24.6 Å². The number of benzene rings is 1. The summed E-state index contributed by atoms with van der Waals surface area (Å²) in [7, 11) is 0. The van der Waals surface area contributed by atoms with E-state index in [9.17, 15) is 0 Å². The molecule has 1 unspecified atom stereocenters. The lowest BCUT2D eigenvalue weighted by molar-refractivity contribution is 0.150. The van der Waals surface area contributed by atoms with E-state index in [4.69, 9.17) is 21.3 Å². The van der Waals surface area contributed by atoms with Crippen molar-refractivity contribution in [3.8, 4) is 0 Å². The number of fused-ring (bicyclic) bond motifs is 1. The lowest BCUT2D eigenvalue weighted by Crippen LogP contribution is -2.22. The van der Waals surface area contributed by atoms with Gasteiger partial charge >= 0.3 is 0 Å². The number of nitrogens with one attached hydrogen (secondary N) is 1. The van der Waals surface area contributed by atoms with Gasteiger partial charge in [-0.1, -0.05) is 23.7 Å². The van der Waals surface area contributed by atoms with Gasteiger partial charge in [-0.2, -0.15) is 0 Å². The molecule has 18 heavy (non-hydrogen) atoms. The Hall–Kier alpha value is -1.16. The predicted molar refractivity (Wildman–Crippen MR) is 72.9 cm³/mol. The predicted octanol–water partition coefficient (Wildman–Crippen LogP) is 2.94. The van der Waals surface area contributed by atoms with Crippen LogP contribution in [0.2, 0.25) is 5.02 Å². The summed E-state index contributed by atoms with van der Waals surface area (Å²) >= 11 is 6.01. The lowest BCUT2D eigenvalue weighted by atomic mass is 10.1. The molecular formula is C14H15ClN2O. The van der Waals surface area contributed by atoms with Gasteiger partial charge in [0.05, 0.1) is 23.9 Å². The number of hydrogen-bond acceptors (Lipinski definition) is 3. The Bertz CT molecular complexity index is 550. The summed E-state index contributed by atoms with van der Waals surface area (Å²) in [6, 6.07) is 10.3. The van der Waals surface area contributed by atoms with Crippen LogP contribution in [0.1, 0.15) is 18.2 Å². The molecular weight excluding hydrogens is 248 g/mol. The van der Waals surface area contributed by atoms with Crippen LogP contribution in [0.15, 0.2) is 30.3 Å². The fourth-order valence-electron chi connectivity index (χ4n) is 2.26. The minimum Gasteiger partial charge on any atom is -0.380 e. The number of aromatic nitrogens is 1. The Morgan fingerprint density at radius 3 is 3.06 bits per heavy atom. The van der Waals surface area contributed by atoms with Gasteiger partial charge in [0, 0.05) is 23.6 Å². The summed E-state index contributed by atoms with van der Waals surface area (Å²) in [5.74, 6) is 0. The molecule has 2 heterocycles. The molecule has 1 fully saturated rings. The summed E-state index contributed by atoms with van der Waals surface area (Å²) in [5, 5.41) is 5.30. The van der Waals surface area contributed by atoms with Crippen molar-refractivity contribution in [3.05, 3.63) is 41.0 Å². The van der Waals surface area contributed by atoms with E-state index in [1.165, 1.54) is 0 Å². The molecule has 1 aromatic heterocycles. The van der Waals surface area contributed by atoms with E-state index in [1.807, 2.05) is 18.2 Å². The Balaban J connectivity index is 1.96. The van der Waals surface area contributed by atoms with Gasteiger partial charge in [-0.3, -0.25) is 4.98 Å². The maximum Gasteiger partial charge on any atom is 0.0720 e. The van der Waals surface area contributed by atoms with Crippen LogP contribution in [0.5, 0.6) is 0 Å². The number of hydrogen-bond donors (Lipinski definition) is 1. The largest absolute Gasteiger partial charge is 0.380 e. The zero-order chi connectivity index (χ0) is 12.4. The molecule has 0 bridgehead atoms. The molecule has 94 valence electrons. The molecule has 1 atom stereocenters. The fourth-order valence-corrected chi connectivity index (χ4v) is 2.43. The monoisotopic (exact) mass is 262 g/mol. The smallest absolute Gasteiger partial charge is 0.0720 e. The first-order valence-electron chi connectivity index (χ1n) is 6.20. The van der Waals surface area contributed by atoms with Crippen molar-refractivity contribution in [2.45, 2.75) is 12.5 Å². The van der Waals surface area contributed by atoms with Crippen LogP contribution in [0.3, 0.4) is 0 Å². The first-order valence-corrected chi connectivity index (χ1v) is 6.58. The van der Waals surface area contributed by atoms with Gasteiger partial charge in [0.1, 0.15) is 0 Å². The molecule has 4 heteroatoms. The van der Waals surface area contributed by atoms with Gasteiger partial charge in [-0.15, -0.1) is 0 Å². The van der Waals surface area contributed by atoms with Crippen LogP contribution in [-0.2, 0) is 4.74 Å². The standard InChI is InChI=1S/C14H15ClN2O/c15-11-3-1-10-2-4-13(17-14(10)9-11)12-5-7-18-8-6-16-12/h1-4,9,12,16H,5-8H2. The van der Waals surface area contributed by atoms with E-state index in [-0.39, 0.29) is 6.04 Å². The topological polar surface area (TPSA) is 34.1 Å². The van der Waals surface area contributed by atoms with Crippen LogP contribution in [0.4, 0.5) is 0 Å². The van der Waals surface area contributed by atoms with E-state index in [1.54, 1.807) is 0 Å². The van der Waals surface area contributed by atoms with E-state index in [2.05, 4.69) is 17.4 Å². The summed E-state index contributed by atoms with van der Waals surface area (Å²) in [5.41, 5.74) is 2.02. The molecule has 0 radical (unpaired) electrons. The van der Waals surface area contributed by atoms with E-state index >= 15 is 0 Å². The number of halogens is 1. The fraction of sp³-hybridized carbons (Fsp3) is 0.357. The average Bonchev–Trinajstić information content (AvgIpc) is 2.66. The van der Waals surface area contributed by atoms with Gasteiger partial charge < -0.3 is 10.1 Å². The van der Waals surface area contributed by atoms with Crippen LogP contribution in [0.25, 0.3) is 10.9 Å². The Morgan fingerprint density at radius 1 is 1.22 bits per heavy atom. The third-order valence-corrected chi connectivity index (χ3v) is 3.46. The molecule has 0 spiro atoms. The van der Waals surface area contributed by atoms with E-state index in [0.717, 1.165) is 47.8 Å². The van der Waals surface area contributed by atoms with Crippen molar-refractivity contribution in [2.24, 2.45) is 0 Å². The Kier molecular flexibility index (Phi) is 3.46. The first kappa shape index (κ1) is 11.9. The molecule has 3 nitrogen and oxygen atoms in total. The minimum atomic E-state index is 0.274. The Morgan fingerprint density at radius 2 is 2.11 bits per heavy atom. The second-order valence-electron chi connectivity index (χ2n) is 4.48. The van der Waals surface area contributed by atoms with E-state index in [0.29, 0.717) is 0 Å².